The zero-order valence-electron chi connectivity index (χ0n) is 12.4. The molecule has 0 spiro atoms. The Morgan fingerprint density at radius 1 is 1.35 bits per heavy atom. The number of benzene rings is 1. The van der Waals surface area contributed by atoms with Gasteiger partial charge in [0.2, 0.25) is 5.91 Å². The summed E-state index contributed by atoms with van der Waals surface area (Å²) in [5.74, 6) is 0.124. The lowest BCUT2D eigenvalue weighted by Crippen LogP contribution is -2.48. The van der Waals surface area contributed by atoms with Crippen molar-refractivity contribution in [3.63, 3.8) is 0 Å². The molecule has 1 atom stereocenters. The molecule has 0 unspecified atom stereocenters. The monoisotopic (exact) mass is 294 g/mol. The fraction of sp³-hybridized carbons (Fsp3) is 0.562. The highest BCUT2D eigenvalue weighted by molar-refractivity contribution is 6.30. The third-order valence-electron chi connectivity index (χ3n) is 3.93. The molecule has 1 fully saturated rings. The second-order valence-electron chi connectivity index (χ2n) is 6.18. The zero-order valence-corrected chi connectivity index (χ0v) is 13.2. The SMILES string of the molecule is C[C@@H](CN1CCC1)C(=O)NC(C)(C)c1ccc(Cl)cc1. The molecule has 0 radical (unpaired) electrons. The number of carbonyl (C=O) groups excluding carboxylic acids is 1. The van der Waals surface area contributed by atoms with Gasteiger partial charge in [0.25, 0.3) is 0 Å². The van der Waals surface area contributed by atoms with Gasteiger partial charge in [-0.3, -0.25) is 4.79 Å². The van der Waals surface area contributed by atoms with Gasteiger partial charge in [-0.25, -0.2) is 0 Å². The number of hydrogen-bond acceptors (Lipinski definition) is 2. The van der Waals surface area contributed by atoms with E-state index in [9.17, 15) is 4.79 Å². The molecular formula is C16H23ClN2O. The van der Waals surface area contributed by atoms with Gasteiger partial charge in [0.1, 0.15) is 0 Å². The van der Waals surface area contributed by atoms with Crippen LogP contribution in [0.2, 0.25) is 5.02 Å². The fourth-order valence-corrected chi connectivity index (χ4v) is 2.53. The molecule has 1 aromatic rings. The van der Waals surface area contributed by atoms with Crippen LogP contribution in [0, 0.1) is 5.92 Å². The molecule has 1 aliphatic heterocycles. The van der Waals surface area contributed by atoms with Gasteiger partial charge in [-0.2, -0.15) is 0 Å². The Labute approximate surface area is 126 Å². The molecule has 1 aliphatic rings. The van der Waals surface area contributed by atoms with Crippen molar-refractivity contribution in [2.45, 2.75) is 32.7 Å². The number of halogens is 1. The van der Waals surface area contributed by atoms with Crippen LogP contribution in [0.25, 0.3) is 0 Å². The predicted molar refractivity (Wildman–Crippen MR) is 82.8 cm³/mol. The van der Waals surface area contributed by atoms with Crippen LogP contribution in [0.4, 0.5) is 0 Å². The van der Waals surface area contributed by atoms with E-state index >= 15 is 0 Å². The Hall–Kier alpha value is -1.06. The number of nitrogens with zero attached hydrogens (tertiary/aromatic N) is 1. The lowest BCUT2D eigenvalue weighted by atomic mass is 9.93. The first-order valence-electron chi connectivity index (χ1n) is 7.19. The molecule has 0 aromatic heterocycles. The van der Waals surface area contributed by atoms with Gasteiger partial charge in [-0.05, 0) is 51.1 Å². The summed E-state index contributed by atoms with van der Waals surface area (Å²) < 4.78 is 0. The third kappa shape index (κ3) is 3.74. The summed E-state index contributed by atoms with van der Waals surface area (Å²) in [5, 5.41) is 3.85. The number of amides is 1. The maximum Gasteiger partial charge on any atom is 0.224 e. The molecule has 0 aliphatic carbocycles. The largest absolute Gasteiger partial charge is 0.347 e. The van der Waals surface area contributed by atoms with Gasteiger partial charge in [-0.1, -0.05) is 30.7 Å². The number of carbonyl (C=O) groups is 1. The number of hydrogen-bond donors (Lipinski definition) is 1. The van der Waals surface area contributed by atoms with Gasteiger partial charge in [0.15, 0.2) is 0 Å². The molecule has 0 saturated carbocycles. The minimum absolute atomic E-state index is 0.0156. The molecule has 0 bridgehead atoms. The maximum atomic E-state index is 12.3. The van der Waals surface area contributed by atoms with Crippen molar-refractivity contribution in [1.82, 2.24) is 10.2 Å². The number of nitrogens with one attached hydrogen (secondary N) is 1. The molecular weight excluding hydrogens is 272 g/mol. The summed E-state index contributed by atoms with van der Waals surface area (Å²) in [7, 11) is 0. The maximum absolute atomic E-state index is 12.3. The molecule has 2 rings (SSSR count). The lowest BCUT2D eigenvalue weighted by molar-refractivity contribution is -0.127. The fourth-order valence-electron chi connectivity index (χ4n) is 2.40. The molecule has 4 heteroatoms. The van der Waals surface area contributed by atoms with E-state index in [1.165, 1.54) is 6.42 Å². The molecule has 110 valence electrons. The molecule has 1 heterocycles. The Balaban J connectivity index is 1.95. The van der Waals surface area contributed by atoms with Gasteiger partial charge >= 0.3 is 0 Å². The van der Waals surface area contributed by atoms with Crippen molar-refractivity contribution in [3.8, 4) is 0 Å². The Morgan fingerprint density at radius 2 is 1.95 bits per heavy atom. The highest BCUT2D eigenvalue weighted by Gasteiger charge is 2.27. The van der Waals surface area contributed by atoms with Crippen molar-refractivity contribution < 1.29 is 4.79 Å². The minimum atomic E-state index is -0.384. The van der Waals surface area contributed by atoms with Gasteiger partial charge in [0, 0.05) is 17.5 Å². The quantitative estimate of drug-likeness (QED) is 0.905. The van der Waals surface area contributed by atoms with Gasteiger partial charge < -0.3 is 10.2 Å². The highest BCUT2D eigenvalue weighted by Crippen LogP contribution is 2.22. The van der Waals surface area contributed by atoms with E-state index in [0.717, 1.165) is 25.2 Å². The number of rotatable bonds is 5. The van der Waals surface area contributed by atoms with Crippen LogP contribution in [-0.4, -0.2) is 30.4 Å². The summed E-state index contributed by atoms with van der Waals surface area (Å²) in [6.45, 7) is 9.12. The first-order valence-corrected chi connectivity index (χ1v) is 7.57. The van der Waals surface area contributed by atoms with E-state index in [1.54, 1.807) is 0 Å². The van der Waals surface area contributed by atoms with Crippen LogP contribution < -0.4 is 5.32 Å². The topological polar surface area (TPSA) is 32.3 Å². The van der Waals surface area contributed by atoms with E-state index in [-0.39, 0.29) is 17.4 Å². The Morgan fingerprint density at radius 3 is 2.45 bits per heavy atom. The van der Waals surface area contributed by atoms with Crippen molar-refractivity contribution in [1.29, 1.82) is 0 Å². The van der Waals surface area contributed by atoms with Gasteiger partial charge in [0.05, 0.1) is 5.54 Å². The summed E-state index contributed by atoms with van der Waals surface area (Å²) >= 11 is 5.90. The van der Waals surface area contributed by atoms with Gasteiger partial charge in [-0.15, -0.1) is 0 Å². The summed E-state index contributed by atoms with van der Waals surface area (Å²) in [6.07, 6.45) is 1.25. The average molecular weight is 295 g/mol. The van der Waals surface area contributed by atoms with Crippen molar-refractivity contribution in [2.24, 2.45) is 5.92 Å². The average Bonchev–Trinajstić information content (AvgIpc) is 2.33. The zero-order chi connectivity index (χ0) is 14.8. The van der Waals surface area contributed by atoms with Crippen LogP contribution >= 0.6 is 11.6 Å². The van der Waals surface area contributed by atoms with E-state index < -0.39 is 0 Å². The van der Waals surface area contributed by atoms with E-state index in [0.29, 0.717) is 5.02 Å². The molecule has 1 aromatic carbocycles. The number of likely N-dealkylation sites (tertiary alicyclic amines) is 1. The molecule has 1 amide bonds. The van der Waals surface area contributed by atoms with Crippen molar-refractivity contribution in [3.05, 3.63) is 34.9 Å². The molecule has 1 N–H and O–H groups in total. The van der Waals surface area contributed by atoms with Crippen LogP contribution in [-0.2, 0) is 10.3 Å². The van der Waals surface area contributed by atoms with Crippen LogP contribution in [0.5, 0.6) is 0 Å². The third-order valence-corrected chi connectivity index (χ3v) is 4.18. The minimum Gasteiger partial charge on any atom is -0.347 e. The highest BCUT2D eigenvalue weighted by atomic mass is 35.5. The van der Waals surface area contributed by atoms with Crippen molar-refractivity contribution in [2.75, 3.05) is 19.6 Å². The summed E-state index contributed by atoms with van der Waals surface area (Å²) in [5.41, 5.74) is 0.677. The standard InChI is InChI=1S/C16H23ClN2O/c1-12(11-19-9-4-10-19)15(20)18-16(2,3)13-5-7-14(17)8-6-13/h5-8,12H,4,9-11H2,1-3H3,(H,18,20)/t12-/m0/s1. The second kappa shape index (κ2) is 6.15. The molecule has 3 nitrogen and oxygen atoms in total. The van der Waals surface area contributed by atoms with E-state index in [1.807, 2.05) is 45.0 Å². The molecule has 1 saturated heterocycles. The summed E-state index contributed by atoms with van der Waals surface area (Å²) in [6, 6.07) is 7.63. The lowest BCUT2D eigenvalue weighted by Gasteiger charge is -2.34. The first-order chi connectivity index (χ1) is 9.38. The first kappa shape index (κ1) is 15.3. The summed E-state index contributed by atoms with van der Waals surface area (Å²) in [4.78, 5) is 14.6. The van der Waals surface area contributed by atoms with Crippen LogP contribution in [0.3, 0.4) is 0 Å². The van der Waals surface area contributed by atoms with Crippen LogP contribution in [0.15, 0.2) is 24.3 Å². The molecule has 20 heavy (non-hydrogen) atoms. The van der Waals surface area contributed by atoms with E-state index in [4.69, 9.17) is 11.6 Å². The van der Waals surface area contributed by atoms with Crippen molar-refractivity contribution >= 4 is 17.5 Å². The smallest absolute Gasteiger partial charge is 0.224 e. The Kier molecular flexibility index (Phi) is 4.71. The van der Waals surface area contributed by atoms with E-state index in [2.05, 4.69) is 10.2 Å². The predicted octanol–water partition coefficient (Wildman–Crippen LogP) is 3.03. The second-order valence-corrected chi connectivity index (χ2v) is 6.61. The Bertz CT molecular complexity index is 466. The van der Waals surface area contributed by atoms with Crippen LogP contribution in [0.1, 0.15) is 32.8 Å². The normalized spacial score (nSPS) is 17.4.